The van der Waals surface area contributed by atoms with Crippen molar-refractivity contribution in [2.45, 2.75) is 6.18 Å². The standard InChI is InChI=1S/C13H12F3N3O2S/c14-13(15,16)11(21)18-4-6-19(7-5-18)12-17-8-2-1-3-9(20)10(8)22-12/h1-3,20H,4-7H2. The zero-order valence-corrected chi connectivity index (χ0v) is 12.1. The highest BCUT2D eigenvalue weighted by atomic mass is 32.1. The number of phenolic OH excluding ortho intramolecular Hbond substituents is 1. The second kappa shape index (κ2) is 5.31. The molecular weight excluding hydrogens is 319 g/mol. The molecule has 9 heteroatoms. The van der Waals surface area contributed by atoms with E-state index in [0.29, 0.717) is 15.3 Å². The maximum absolute atomic E-state index is 12.4. The summed E-state index contributed by atoms with van der Waals surface area (Å²) in [4.78, 5) is 18.2. The Hall–Kier alpha value is -2.03. The number of nitrogens with zero attached hydrogens (tertiary/aromatic N) is 3. The summed E-state index contributed by atoms with van der Waals surface area (Å²) >= 11 is 1.28. The van der Waals surface area contributed by atoms with Crippen LogP contribution in [0.15, 0.2) is 18.2 Å². The lowest BCUT2D eigenvalue weighted by molar-refractivity contribution is -0.185. The first-order chi connectivity index (χ1) is 10.4. The number of anilines is 1. The Morgan fingerprint density at radius 2 is 1.91 bits per heavy atom. The SMILES string of the molecule is O=C(N1CCN(c2nc3cccc(O)c3s2)CC1)C(F)(F)F. The van der Waals surface area contributed by atoms with E-state index in [9.17, 15) is 23.1 Å². The van der Waals surface area contributed by atoms with E-state index in [0.717, 1.165) is 4.90 Å². The first-order valence-electron chi connectivity index (χ1n) is 6.56. The largest absolute Gasteiger partial charge is 0.506 e. The molecule has 2 aromatic rings. The molecule has 2 heterocycles. The topological polar surface area (TPSA) is 56.7 Å². The molecule has 1 aromatic carbocycles. The van der Waals surface area contributed by atoms with Crippen LogP contribution in [0.25, 0.3) is 10.2 Å². The van der Waals surface area contributed by atoms with Crippen molar-refractivity contribution in [3.63, 3.8) is 0 Å². The van der Waals surface area contributed by atoms with Crippen molar-refractivity contribution in [2.75, 3.05) is 31.1 Å². The summed E-state index contributed by atoms with van der Waals surface area (Å²) < 4.78 is 37.8. The summed E-state index contributed by atoms with van der Waals surface area (Å²) in [5, 5.41) is 10.4. The van der Waals surface area contributed by atoms with Crippen molar-refractivity contribution >= 4 is 32.6 Å². The molecule has 1 N–H and O–H groups in total. The molecule has 1 saturated heterocycles. The minimum Gasteiger partial charge on any atom is -0.506 e. The van der Waals surface area contributed by atoms with Crippen molar-refractivity contribution in [3.8, 4) is 5.75 Å². The van der Waals surface area contributed by atoms with Gasteiger partial charge in [0.2, 0.25) is 0 Å². The predicted octanol–water partition coefficient (Wildman–Crippen LogP) is 2.21. The summed E-state index contributed by atoms with van der Waals surface area (Å²) in [6.07, 6.45) is -4.83. The molecule has 0 radical (unpaired) electrons. The highest BCUT2D eigenvalue weighted by Crippen LogP contribution is 2.35. The van der Waals surface area contributed by atoms with Crippen LogP contribution in [-0.2, 0) is 4.79 Å². The quantitative estimate of drug-likeness (QED) is 0.870. The lowest BCUT2D eigenvalue weighted by Crippen LogP contribution is -2.52. The van der Waals surface area contributed by atoms with E-state index < -0.39 is 12.1 Å². The minimum atomic E-state index is -4.83. The lowest BCUT2D eigenvalue weighted by atomic mass is 10.3. The number of thiazole rings is 1. The number of carbonyl (C=O) groups is 1. The third kappa shape index (κ3) is 2.68. The monoisotopic (exact) mass is 331 g/mol. The van der Waals surface area contributed by atoms with E-state index in [1.54, 1.807) is 18.2 Å². The van der Waals surface area contributed by atoms with E-state index in [2.05, 4.69) is 4.98 Å². The van der Waals surface area contributed by atoms with Crippen LogP contribution in [0.1, 0.15) is 0 Å². The number of aromatic nitrogens is 1. The molecule has 1 fully saturated rings. The Kier molecular flexibility index (Phi) is 3.59. The second-order valence-electron chi connectivity index (χ2n) is 4.90. The second-order valence-corrected chi connectivity index (χ2v) is 5.88. The Bertz CT molecular complexity index is 708. The van der Waals surface area contributed by atoms with Gasteiger partial charge in [0, 0.05) is 26.2 Å². The van der Waals surface area contributed by atoms with Crippen LogP contribution in [-0.4, -0.2) is 53.3 Å². The predicted molar refractivity (Wildman–Crippen MR) is 76.1 cm³/mol. The van der Waals surface area contributed by atoms with Gasteiger partial charge in [-0.3, -0.25) is 4.79 Å². The fourth-order valence-electron chi connectivity index (χ4n) is 2.34. The number of carbonyl (C=O) groups excluding carboxylic acids is 1. The summed E-state index contributed by atoms with van der Waals surface area (Å²) in [6.45, 7) is 0.561. The Morgan fingerprint density at radius 3 is 2.50 bits per heavy atom. The van der Waals surface area contributed by atoms with Gasteiger partial charge in [-0.15, -0.1) is 0 Å². The van der Waals surface area contributed by atoms with Crippen molar-refractivity contribution in [3.05, 3.63) is 18.2 Å². The summed E-state index contributed by atoms with van der Waals surface area (Å²) in [5.74, 6) is -1.67. The highest BCUT2D eigenvalue weighted by Gasteiger charge is 2.43. The number of amides is 1. The van der Waals surface area contributed by atoms with Gasteiger partial charge in [-0.1, -0.05) is 17.4 Å². The molecule has 0 atom stereocenters. The number of rotatable bonds is 1. The molecule has 0 aliphatic carbocycles. The fraction of sp³-hybridized carbons (Fsp3) is 0.385. The van der Waals surface area contributed by atoms with E-state index in [1.807, 2.05) is 4.90 Å². The van der Waals surface area contributed by atoms with Crippen molar-refractivity contribution in [1.29, 1.82) is 0 Å². The van der Waals surface area contributed by atoms with Gasteiger partial charge in [-0.25, -0.2) is 4.98 Å². The number of hydrogen-bond acceptors (Lipinski definition) is 5. The van der Waals surface area contributed by atoms with E-state index in [1.165, 1.54) is 11.3 Å². The fourth-order valence-corrected chi connectivity index (χ4v) is 3.37. The number of hydrogen-bond donors (Lipinski definition) is 1. The average molecular weight is 331 g/mol. The van der Waals surface area contributed by atoms with Gasteiger partial charge in [0.1, 0.15) is 5.75 Å². The van der Waals surface area contributed by atoms with Crippen LogP contribution in [0.5, 0.6) is 5.75 Å². The first-order valence-corrected chi connectivity index (χ1v) is 7.37. The zero-order valence-electron chi connectivity index (χ0n) is 11.3. The zero-order chi connectivity index (χ0) is 15.9. The summed E-state index contributed by atoms with van der Waals surface area (Å²) in [6, 6.07) is 5.00. The van der Waals surface area contributed by atoms with Crippen LogP contribution < -0.4 is 4.90 Å². The molecule has 1 aromatic heterocycles. The van der Waals surface area contributed by atoms with Crippen molar-refractivity contribution < 1.29 is 23.1 Å². The highest BCUT2D eigenvalue weighted by molar-refractivity contribution is 7.22. The van der Waals surface area contributed by atoms with E-state index >= 15 is 0 Å². The summed E-state index contributed by atoms with van der Waals surface area (Å²) in [7, 11) is 0. The molecule has 0 saturated carbocycles. The number of piperazine rings is 1. The number of fused-ring (bicyclic) bond motifs is 1. The molecule has 1 aliphatic heterocycles. The van der Waals surface area contributed by atoms with Crippen molar-refractivity contribution in [1.82, 2.24) is 9.88 Å². The average Bonchev–Trinajstić information content (AvgIpc) is 2.91. The molecular formula is C13H12F3N3O2S. The van der Waals surface area contributed by atoms with Crippen molar-refractivity contribution in [2.24, 2.45) is 0 Å². The first kappa shape index (κ1) is 14.9. The van der Waals surface area contributed by atoms with Crippen LogP contribution in [0, 0.1) is 0 Å². The maximum Gasteiger partial charge on any atom is 0.471 e. The van der Waals surface area contributed by atoms with Gasteiger partial charge in [-0.05, 0) is 12.1 Å². The maximum atomic E-state index is 12.4. The molecule has 0 spiro atoms. The molecule has 22 heavy (non-hydrogen) atoms. The van der Waals surface area contributed by atoms with Gasteiger partial charge in [-0.2, -0.15) is 13.2 Å². The van der Waals surface area contributed by atoms with Gasteiger partial charge in [0.25, 0.3) is 0 Å². The van der Waals surface area contributed by atoms with E-state index in [-0.39, 0.29) is 31.9 Å². The van der Waals surface area contributed by atoms with Gasteiger partial charge >= 0.3 is 12.1 Å². The molecule has 0 bridgehead atoms. The number of alkyl halides is 3. The van der Waals surface area contributed by atoms with Crippen LogP contribution in [0.4, 0.5) is 18.3 Å². The summed E-state index contributed by atoms with van der Waals surface area (Å²) in [5.41, 5.74) is 0.647. The van der Waals surface area contributed by atoms with Gasteiger partial charge in [0.15, 0.2) is 5.13 Å². The van der Waals surface area contributed by atoms with Crippen LogP contribution in [0.2, 0.25) is 0 Å². The van der Waals surface area contributed by atoms with Crippen LogP contribution >= 0.6 is 11.3 Å². The normalized spacial score (nSPS) is 16.3. The number of benzene rings is 1. The number of halogens is 3. The molecule has 118 valence electrons. The molecule has 3 rings (SSSR count). The third-order valence-corrected chi connectivity index (χ3v) is 4.62. The van der Waals surface area contributed by atoms with Crippen LogP contribution in [0.3, 0.4) is 0 Å². The lowest BCUT2D eigenvalue weighted by Gasteiger charge is -2.34. The molecule has 5 nitrogen and oxygen atoms in total. The molecule has 1 amide bonds. The molecule has 0 unspecified atom stereocenters. The van der Waals surface area contributed by atoms with Gasteiger partial charge in [0.05, 0.1) is 10.2 Å². The third-order valence-electron chi connectivity index (χ3n) is 3.46. The Balaban J connectivity index is 1.73. The Labute approximate surface area is 127 Å². The number of phenols is 1. The number of aromatic hydroxyl groups is 1. The van der Waals surface area contributed by atoms with Gasteiger partial charge < -0.3 is 14.9 Å². The minimum absolute atomic E-state index is 0.000249. The molecule has 1 aliphatic rings. The smallest absolute Gasteiger partial charge is 0.471 e. The van der Waals surface area contributed by atoms with E-state index in [4.69, 9.17) is 0 Å². The Morgan fingerprint density at radius 1 is 1.23 bits per heavy atom.